The molecule has 0 bridgehead atoms. The van der Waals surface area contributed by atoms with Crippen molar-refractivity contribution in [1.29, 1.82) is 0 Å². The van der Waals surface area contributed by atoms with Gasteiger partial charge in [0.15, 0.2) is 0 Å². The fourth-order valence-corrected chi connectivity index (χ4v) is 3.54. The van der Waals surface area contributed by atoms with Gasteiger partial charge in [0.05, 0.1) is 10.5 Å². The third-order valence-corrected chi connectivity index (χ3v) is 5.01. The summed E-state index contributed by atoms with van der Waals surface area (Å²) in [5, 5.41) is 9.03. The molecule has 2 N–H and O–H groups in total. The third kappa shape index (κ3) is 4.22. The van der Waals surface area contributed by atoms with Gasteiger partial charge >= 0.3 is 0 Å². The van der Waals surface area contributed by atoms with Gasteiger partial charge in [-0.3, -0.25) is 19.5 Å². The molecule has 0 fully saturated rings. The zero-order valence-corrected chi connectivity index (χ0v) is 15.4. The lowest BCUT2D eigenvalue weighted by Crippen LogP contribution is -2.20. The average molecular weight is 383 g/mol. The van der Waals surface area contributed by atoms with Crippen LogP contribution in [0.15, 0.2) is 41.3 Å². The lowest BCUT2D eigenvalue weighted by atomic mass is 9.99. The molecule has 7 nitrogen and oxygen atoms in total. The molecule has 0 atom stereocenters. The Balaban J connectivity index is 1.78. The highest BCUT2D eigenvalue weighted by Crippen LogP contribution is 2.30. The highest BCUT2D eigenvalue weighted by Gasteiger charge is 2.33. The number of Topliss-reactive ketones (excluding diaryl/α,β-unsaturated/α-hetero) is 2. The number of hydrogen-bond donors (Lipinski definition) is 2. The molecular weight excluding hydrogens is 366 g/mol. The summed E-state index contributed by atoms with van der Waals surface area (Å²) < 4.78 is 0. The molecule has 1 aliphatic rings. The van der Waals surface area contributed by atoms with Crippen molar-refractivity contribution in [3.05, 3.63) is 58.3 Å². The van der Waals surface area contributed by atoms with Gasteiger partial charge in [-0.15, -0.1) is 11.8 Å². The van der Waals surface area contributed by atoms with Gasteiger partial charge in [-0.1, -0.05) is 18.2 Å². The van der Waals surface area contributed by atoms with E-state index in [-0.39, 0.29) is 27.6 Å². The molecule has 27 heavy (non-hydrogen) atoms. The van der Waals surface area contributed by atoms with Crippen LogP contribution in [-0.4, -0.2) is 39.2 Å². The molecule has 3 rings (SSSR count). The summed E-state index contributed by atoms with van der Waals surface area (Å²) in [4.78, 5) is 48.8. The molecular formula is C19H17N3O4S. The number of carbonyl (C=O) groups is 4. The zero-order valence-electron chi connectivity index (χ0n) is 14.6. The van der Waals surface area contributed by atoms with Crippen molar-refractivity contribution in [2.75, 3.05) is 11.1 Å². The number of allylic oxidation sites excluding steroid dienone is 2. The largest absolute Gasteiger partial charge is 0.321 e. The number of aromatic amines is 1. The quantitative estimate of drug-likeness (QED) is 0.712. The molecule has 1 aromatic carbocycles. The molecule has 0 unspecified atom stereocenters. The van der Waals surface area contributed by atoms with Crippen molar-refractivity contribution in [2.45, 2.75) is 19.8 Å². The number of nitrogens with one attached hydrogen (secondary N) is 2. The van der Waals surface area contributed by atoms with Gasteiger partial charge in [-0.05, 0) is 31.2 Å². The van der Waals surface area contributed by atoms with E-state index in [1.54, 1.807) is 24.3 Å². The van der Waals surface area contributed by atoms with Crippen LogP contribution in [0.4, 0.5) is 5.69 Å². The van der Waals surface area contributed by atoms with Crippen LogP contribution >= 0.6 is 11.8 Å². The summed E-state index contributed by atoms with van der Waals surface area (Å²) in [5.74, 6) is -0.770. The number of nitrogens with zero attached hydrogens (tertiary/aromatic N) is 1. The summed E-state index contributed by atoms with van der Waals surface area (Å²) in [5.41, 5.74) is 0.466. The minimum Gasteiger partial charge on any atom is -0.321 e. The van der Waals surface area contributed by atoms with Gasteiger partial charge in [0, 0.05) is 18.2 Å². The molecule has 138 valence electrons. The standard InChI is InChI=1S/C19H17N3O4S/c1-11(23)6-5-9-27-14-10-13(24)16-15(18(14)25)17(22-21-16)19(26)20-12-7-3-2-4-8-12/h2-4,7-8,10H,5-6,9H2,1H3,(H,20,26)(H,21,22). The van der Waals surface area contributed by atoms with Gasteiger partial charge in [0.2, 0.25) is 11.6 Å². The Morgan fingerprint density at radius 3 is 2.63 bits per heavy atom. The Bertz CT molecular complexity index is 947. The van der Waals surface area contributed by atoms with Crippen LogP contribution in [0.5, 0.6) is 0 Å². The molecule has 0 aliphatic heterocycles. The van der Waals surface area contributed by atoms with E-state index in [0.717, 1.165) is 0 Å². The van der Waals surface area contributed by atoms with E-state index < -0.39 is 17.5 Å². The van der Waals surface area contributed by atoms with Gasteiger partial charge in [-0.2, -0.15) is 5.10 Å². The Morgan fingerprint density at radius 2 is 1.93 bits per heavy atom. The zero-order chi connectivity index (χ0) is 19.4. The first kappa shape index (κ1) is 18.8. The Hall–Kier alpha value is -3.00. The summed E-state index contributed by atoms with van der Waals surface area (Å²) in [6.45, 7) is 1.51. The highest BCUT2D eigenvalue weighted by molar-refractivity contribution is 8.04. The van der Waals surface area contributed by atoms with E-state index in [9.17, 15) is 19.2 Å². The number of anilines is 1. The molecule has 2 aromatic rings. The maximum Gasteiger partial charge on any atom is 0.274 e. The Morgan fingerprint density at radius 1 is 1.19 bits per heavy atom. The van der Waals surface area contributed by atoms with E-state index in [2.05, 4.69) is 15.5 Å². The predicted molar refractivity (Wildman–Crippen MR) is 102 cm³/mol. The number of fused-ring (bicyclic) bond motifs is 1. The molecule has 8 heteroatoms. The molecule has 1 aromatic heterocycles. The second-order valence-corrected chi connectivity index (χ2v) is 7.14. The molecule has 0 saturated carbocycles. The minimum atomic E-state index is -0.543. The van der Waals surface area contributed by atoms with Gasteiger partial charge in [0.1, 0.15) is 17.2 Å². The first-order valence-corrected chi connectivity index (χ1v) is 9.33. The minimum absolute atomic E-state index is 0.00926. The van der Waals surface area contributed by atoms with Crippen molar-refractivity contribution >= 4 is 40.7 Å². The smallest absolute Gasteiger partial charge is 0.274 e. The average Bonchev–Trinajstić information content (AvgIpc) is 3.09. The summed E-state index contributed by atoms with van der Waals surface area (Å²) in [7, 11) is 0. The van der Waals surface area contributed by atoms with Crippen LogP contribution in [0.1, 0.15) is 51.1 Å². The molecule has 1 amide bonds. The second kappa shape index (κ2) is 8.13. The maximum absolute atomic E-state index is 12.8. The summed E-state index contributed by atoms with van der Waals surface area (Å²) >= 11 is 1.21. The molecule has 1 heterocycles. The van der Waals surface area contributed by atoms with Gasteiger partial charge < -0.3 is 10.1 Å². The number of rotatable bonds is 7. The van der Waals surface area contributed by atoms with Crippen LogP contribution in [-0.2, 0) is 4.79 Å². The summed E-state index contributed by atoms with van der Waals surface area (Å²) in [6.07, 6.45) is 2.27. The Labute approximate surface area is 159 Å². The number of carbonyl (C=O) groups excluding carboxylic acids is 4. The number of ketones is 3. The predicted octanol–water partition coefficient (Wildman–Crippen LogP) is 3.03. The topological polar surface area (TPSA) is 109 Å². The van der Waals surface area contributed by atoms with Crippen LogP contribution in [0.25, 0.3) is 0 Å². The monoisotopic (exact) mass is 383 g/mol. The van der Waals surface area contributed by atoms with Crippen molar-refractivity contribution in [2.24, 2.45) is 0 Å². The second-order valence-electron chi connectivity index (χ2n) is 6.00. The highest BCUT2D eigenvalue weighted by atomic mass is 32.2. The van der Waals surface area contributed by atoms with Crippen LogP contribution < -0.4 is 5.32 Å². The van der Waals surface area contributed by atoms with Gasteiger partial charge in [0.25, 0.3) is 5.91 Å². The van der Waals surface area contributed by atoms with Crippen molar-refractivity contribution < 1.29 is 19.2 Å². The molecule has 0 saturated heterocycles. The number of aromatic nitrogens is 2. The number of thioether (sulfide) groups is 1. The maximum atomic E-state index is 12.8. The number of H-pyrrole nitrogens is 1. The van der Waals surface area contributed by atoms with E-state index in [1.165, 1.54) is 24.8 Å². The van der Waals surface area contributed by atoms with Crippen molar-refractivity contribution in [3.63, 3.8) is 0 Å². The van der Waals surface area contributed by atoms with E-state index in [4.69, 9.17) is 0 Å². The third-order valence-electron chi connectivity index (χ3n) is 3.90. The van der Waals surface area contributed by atoms with E-state index in [1.807, 2.05) is 6.07 Å². The Kier molecular flexibility index (Phi) is 5.66. The SMILES string of the molecule is CC(=O)CCCSC1=CC(=O)c2n[nH]c(C(=O)Nc3ccccc3)c2C1=O. The van der Waals surface area contributed by atoms with Crippen LogP contribution in [0.3, 0.4) is 0 Å². The van der Waals surface area contributed by atoms with Crippen molar-refractivity contribution in [1.82, 2.24) is 10.2 Å². The molecule has 0 spiro atoms. The number of hydrogen-bond acceptors (Lipinski definition) is 6. The summed E-state index contributed by atoms with van der Waals surface area (Å²) in [6, 6.07) is 8.78. The lowest BCUT2D eigenvalue weighted by molar-refractivity contribution is -0.117. The fraction of sp³-hybridized carbons (Fsp3) is 0.211. The lowest BCUT2D eigenvalue weighted by Gasteiger charge is -2.12. The first-order chi connectivity index (χ1) is 13.0. The van der Waals surface area contributed by atoms with E-state index in [0.29, 0.717) is 24.3 Å². The number of amides is 1. The number of benzene rings is 1. The first-order valence-electron chi connectivity index (χ1n) is 8.35. The normalized spacial score (nSPS) is 13.1. The molecule has 0 radical (unpaired) electrons. The van der Waals surface area contributed by atoms with E-state index >= 15 is 0 Å². The van der Waals surface area contributed by atoms with Gasteiger partial charge in [-0.25, -0.2) is 0 Å². The van der Waals surface area contributed by atoms with Crippen molar-refractivity contribution in [3.8, 4) is 0 Å². The fourth-order valence-electron chi connectivity index (χ4n) is 2.61. The molecule has 1 aliphatic carbocycles. The van der Waals surface area contributed by atoms with Crippen LogP contribution in [0.2, 0.25) is 0 Å². The number of para-hydroxylation sites is 1. The van der Waals surface area contributed by atoms with Crippen LogP contribution in [0, 0.1) is 0 Å².